The van der Waals surface area contributed by atoms with Gasteiger partial charge in [-0.2, -0.15) is 0 Å². The number of hydrogen-bond donors (Lipinski definition) is 2. The first kappa shape index (κ1) is 24.8. The van der Waals surface area contributed by atoms with Gasteiger partial charge in [0.25, 0.3) is 0 Å². The number of nitrogens with one attached hydrogen (secondary N) is 2. The van der Waals surface area contributed by atoms with Crippen LogP contribution in [0.1, 0.15) is 53.4 Å². The average molecular weight is 472 g/mol. The summed E-state index contributed by atoms with van der Waals surface area (Å²) in [6.45, 7) is 8.25. The summed E-state index contributed by atoms with van der Waals surface area (Å²) in [5.74, 6) is -0.772. The predicted molar refractivity (Wildman–Crippen MR) is 130 cm³/mol. The number of amides is 3. The second kappa shape index (κ2) is 11.4. The van der Waals surface area contributed by atoms with Gasteiger partial charge in [-0.3, -0.25) is 14.4 Å². The Hall–Kier alpha value is -2.81. The van der Waals surface area contributed by atoms with Crippen LogP contribution in [-0.4, -0.2) is 50.8 Å². The number of carbonyl (C=O) groups is 3. The van der Waals surface area contributed by atoms with Crippen molar-refractivity contribution in [1.29, 1.82) is 0 Å². The van der Waals surface area contributed by atoms with E-state index in [1.54, 1.807) is 4.90 Å². The van der Waals surface area contributed by atoms with Gasteiger partial charge in [-0.15, -0.1) is 5.10 Å². The zero-order valence-electron chi connectivity index (χ0n) is 19.7. The van der Waals surface area contributed by atoms with Crippen LogP contribution in [-0.2, 0) is 14.4 Å². The Labute approximate surface area is 199 Å². The van der Waals surface area contributed by atoms with E-state index in [1.807, 2.05) is 58.0 Å². The molecule has 0 aliphatic carbocycles. The molecule has 1 aromatic heterocycles. The van der Waals surface area contributed by atoms with E-state index in [0.717, 1.165) is 29.9 Å². The molecular formula is C24H33N5O3S. The van der Waals surface area contributed by atoms with Gasteiger partial charge in [-0.25, -0.2) is 0 Å². The Kier molecular flexibility index (Phi) is 8.55. The second-order valence-electron chi connectivity index (χ2n) is 8.68. The molecule has 0 unspecified atom stereocenters. The van der Waals surface area contributed by atoms with Crippen molar-refractivity contribution in [2.45, 2.75) is 65.5 Å². The molecule has 1 saturated heterocycles. The van der Waals surface area contributed by atoms with Gasteiger partial charge < -0.3 is 15.5 Å². The first-order valence-electron chi connectivity index (χ1n) is 11.7. The smallest absolute Gasteiger partial charge is 0.247 e. The van der Waals surface area contributed by atoms with E-state index in [1.165, 1.54) is 0 Å². The van der Waals surface area contributed by atoms with Gasteiger partial charge in [0, 0.05) is 29.6 Å². The number of likely N-dealkylation sites (tertiary alicyclic amines) is 1. The summed E-state index contributed by atoms with van der Waals surface area (Å²) in [4.78, 5) is 40.9. The summed E-state index contributed by atoms with van der Waals surface area (Å²) in [5.41, 5.74) is 1.48. The number of rotatable bonds is 9. The van der Waals surface area contributed by atoms with Crippen LogP contribution < -0.4 is 10.6 Å². The Morgan fingerprint density at radius 2 is 1.88 bits per heavy atom. The lowest BCUT2D eigenvalue weighted by atomic mass is 9.96. The molecule has 1 fully saturated rings. The number of benzene rings is 1. The van der Waals surface area contributed by atoms with Gasteiger partial charge in [0.2, 0.25) is 17.7 Å². The van der Waals surface area contributed by atoms with Crippen LogP contribution in [0.3, 0.4) is 0 Å². The van der Waals surface area contributed by atoms with Crippen LogP contribution in [0.5, 0.6) is 0 Å². The maximum Gasteiger partial charge on any atom is 0.247 e. The van der Waals surface area contributed by atoms with Crippen LogP contribution in [0.2, 0.25) is 0 Å². The number of aromatic nitrogens is 2. The highest BCUT2D eigenvalue weighted by atomic mass is 32.1. The number of carbonyl (C=O) groups excluding carboxylic acids is 3. The molecule has 3 rings (SSSR count). The zero-order valence-corrected chi connectivity index (χ0v) is 20.5. The van der Waals surface area contributed by atoms with Crippen molar-refractivity contribution in [2.75, 3.05) is 11.9 Å². The fourth-order valence-electron chi connectivity index (χ4n) is 3.90. The molecular weight excluding hydrogens is 438 g/mol. The molecule has 0 bridgehead atoms. The van der Waals surface area contributed by atoms with Gasteiger partial charge in [-0.05, 0) is 25.2 Å². The molecule has 1 aliphatic rings. The molecule has 3 amide bonds. The Morgan fingerprint density at radius 3 is 2.55 bits per heavy atom. The van der Waals surface area contributed by atoms with Crippen LogP contribution in [0.25, 0.3) is 11.3 Å². The summed E-state index contributed by atoms with van der Waals surface area (Å²) in [7, 11) is 0. The van der Waals surface area contributed by atoms with E-state index < -0.39 is 12.1 Å². The van der Waals surface area contributed by atoms with Crippen molar-refractivity contribution >= 4 is 34.3 Å². The minimum atomic E-state index is -0.644. The monoisotopic (exact) mass is 471 g/mol. The molecule has 1 aliphatic heterocycles. The lowest BCUT2D eigenvalue weighted by Gasteiger charge is -2.31. The highest BCUT2D eigenvalue weighted by Gasteiger charge is 2.39. The molecule has 33 heavy (non-hydrogen) atoms. The molecule has 9 heteroatoms. The molecule has 4 atom stereocenters. The van der Waals surface area contributed by atoms with Gasteiger partial charge >= 0.3 is 0 Å². The van der Waals surface area contributed by atoms with E-state index in [0.29, 0.717) is 30.1 Å². The van der Waals surface area contributed by atoms with Crippen LogP contribution >= 0.6 is 11.5 Å². The van der Waals surface area contributed by atoms with Gasteiger partial charge in [0.15, 0.2) is 0 Å². The Morgan fingerprint density at radius 1 is 1.15 bits per heavy atom. The SMILES string of the molecule is CC[C@@H](C)C(=O)N[C@H](C(=O)N1CCC[C@H]1C(=O)Nc1snnc1-c1ccccc1)[C@@H](C)CC. The van der Waals surface area contributed by atoms with Gasteiger partial charge in [0.05, 0.1) is 0 Å². The maximum atomic E-state index is 13.5. The van der Waals surface area contributed by atoms with Crippen molar-refractivity contribution in [2.24, 2.45) is 11.8 Å². The summed E-state index contributed by atoms with van der Waals surface area (Å²) in [6, 6.07) is 8.31. The fraction of sp³-hybridized carbons (Fsp3) is 0.542. The summed E-state index contributed by atoms with van der Waals surface area (Å²) in [5, 5.41) is 10.6. The largest absolute Gasteiger partial charge is 0.344 e. The van der Waals surface area contributed by atoms with Crippen molar-refractivity contribution < 1.29 is 14.4 Å². The second-order valence-corrected chi connectivity index (χ2v) is 9.43. The van der Waals surface area contributed by atoms with Gasteiger partial charge in [-0.1, -0.05) is 68.9 Å². The molecule has 1 aromatic carbocycles. The Balaban J connectivity index is 1.75. The average Bonchev–Trinajstić information content (AvgIpc) is 3.51. The van der Waals surface area contributed by atoms with Crippen molar-refractivity contribution in [3.05, 3.63) is 30.3 Å². The highest BCUT2D eigenvalue weighted by Crippen LogP contribution is 2.30. The lowest BCUT2D eigenvalue weighted by Crippen LogP contribution is -2.55. The summed E-state index contributed by atoms with van der Waals surface area (Å²) >= 11 is 1.12. The molecule has 2 N–H and O–H groups in total. The summed E-state index contributed by atoms with van der Waals surface area (Å²) < 4.78 is 4.00. The third-order valence-corrected chi connectivity index (χ3v) is 7.09. The van der Waals surface area contributed by atoms with Crippen LogP contribution in [0.4, 0.5) is 5.00 Å². The topological polar surface area (TPSA) is 104 Å². The lowest BCUT2D eigenvalue weighted by molar-refractivity contribution is -0.142. The summed E-state index contributed by atoms with van der Waals surface area (Å²) in [6.07, 6.45) is 2.77. The third-order valence-electron chi connectivity index (χ3n) is 6.45. The third kappa shape index (κ3) is 5.76. The molecule has 0 saturated carbocycles. The first-order chi connectivity index (χ1) is 15.9. The zero-order chi connectivity index (χ0) is 24.0. The standard InChI is InChI=1S/C24H33N5O3S/c1-5-15(3)19(25-21(30)16(4)6-2)24(32)29-14-10-13-18(29)22(31)26-23-20(27-28-33-23)17-11-8-7-9-12-17/h7-9,11-12,15-16,18-19H,5-6,10,13-14H2,1-4H3,(H,25,30)(H,26,31)/t15-,16+,18-,19-/m0/s1. The van der Waals surface area contributed by atoms with Crippen molar-refractivity contribution in [3.63, 3.8) is 0 Å². The minimum absolute atomic E-state index is 0.0369. The van der Waals surface area contributed by atoms with E-state index in [2.05, 4.69) is 20.2 Å². The number of anilines is 1. The van der Waals surface area contributed by atoms with Crippen LogP contribution in [0.15, 0.2) is 30.3 Å². The van der Waals surface area contributed by atoms with E-state index in [4.69, 9.17) is 0 Å². The van der Waals surface area contributed by atoms with E-state index in [9.17, 15) is 14.4 Å². The molecule has 178 valence electrons. The number of hydrogen-bond acceptors (Lipinski definition) is 6. The molecule has 0 spiro atoms. The molecule has 2 heterocycles. The molecule has 8 nitrogen and oxygen atoms in total. The van der Waals surface area contributed by atoms with E-state index >= 15 is 0 Å². The molecule has 0 radical (unpaired) electrons. The van der Waals surface area contributed by atoms with Crippen molar-refractivity contribution in [1.82, 2.24) is 19.8 Å². The maximum absolute atomic E-state index is 13.5. The number of nitrogens with zero attached hydrogens (tertiary/aromatic N) is 3. The predicted octanol–water partition coefficient (Wildman–Crippen LogP) is 3.71. The van der Waals surface area contributed by atoms with E-state index in [-0.39, 0.29) is 29.6 Å². The Bertz CT molecular complexity index is 964. The quantitative estimate of drug-likeness (QED) is 0.580. The first-order valence-corrected chi connectivity index (χ1v) is 12.4. The molecule has 2 aromatic rings. The normalized spacial score (nSPS) is 18.4. The highest BCUT2D eigenvalue weighted by molar-refractivity contribution is 7.10. The minimum Gasteiger partial charge on any atom is -0.344 e. The van der Waals surface area contributed by atoms with Crippen molar-refractivity contribution in [3.8, 4) is 11.3 Å². The fourth-order valence-corrected chi connectivity index (χ4v) is 4.49. The van der Waals surface area contributed by atoms with Crippen LogP contribution in [0, 0.1) is 11.8 Å². The van der Waals surface area contributed by atoms with Gasteiger partial charge in [0.1, 0.15) is 22.8 Å².